The first-order valence-corrected chi connectivity index (χ1v) is 6.40. The van der Waals surface area contributed by atoms with Gasteiger partial charge in [-0.05, 0) is 24.8 Å². The molecular formula is C14H20N2O2. The molecule has 1 aromatic carbocycles. The Hall–Kier alpha value is -1.55. The monoisotopic (exact) mass is 248 g/mol. The third kappa shape index (κ3) is 2.34. The van der Waals surface area contributed by atoms with E-state index in [1.54, 1.807) is 0 Å². The third-order valence-electron chi connectivity index (χ3n) is 3.84. The standard InChI is InChI=1S/C14H20N2O2/c1-2-12(15)14(8-9-14)16(13(17)18)10-11-6-4-3-5-7-11/h3-7,12H,2,8-10,15H2,1H3,(H,17,18)/t12-/m0/s1. The summed E-state index contributed by atoms with van der Waals surface area (Å²) in [5.41, 5.74) is 6.77. The Bertz CT molecular complexity index is 415. The van der Waals surface area contributed by atoms with Gasteiger partial charge in [-0.3, -0.25) is 4.90 Å². The van der Waals surface area contributed by atoms with Crippen LogP contribution >= 0.6 is 0 Å². The Balaban J connectivity index is 2.17. The van der Waals surface area contributed by atoms with Gasteiger partial charge in [-0.1, -0.05) is 37.3 Å². The molecule has 0 aliphatic heterocycles. The summed E-state index contributed by atoms with van der Waals surface area (Å²) in [5, 5.41) is 9.42. The summed E-state index contributed by atoms with van der Waals surface area (Å²) in [5.74, 6) is 0. The van der Waals surface area contributed by atoms with Crippen molar-refractivity contribution in [2.24, 2.45) is 5.73 Å². The van der Waals surface area contributed by atoms with Gasteiger partial charge in [-0.25, -0.2) is 4.79 Å². The first-order chi connectivity index (χ1) is 8.60. The molecule has 1 atom stereocenters. The summed E-state index contributed by atoms with van der Waals surface area (Å²) < 4.78 is 0. The minimum Gasteiger partial charge on any atom is -0.465 e. The van der Waals surface area contributed by atoms with Gasteiger partial charge >= 0.3 is 6.09 Å². The van der Waals surface area contributed by atoms with Gasteiger partial charge in [0.2, 0.25) is 0 Å². The average Bonchev–Trinajstić information content (AvgIpc) is 3.17. The summed E-state index contributed by atoms with van der Waals surface area (Å²) >= 11 is 0. The molecule has 0 spiro atoms. The Morgan fingerprint density at radius 3 is 2.50 bits per heavy atom. The van der Waals surface area contributed by atoms with Crippen LogP contribution in [0.15, 0.2) is 30.3 Å². The largest absolute Gasteiger partial charge is 0.465 e. The van der Waals surface area contributed by atoms with Gasteiger partial charge in [-0.2, -0.15) is 0 Å². The molecule has 18 heavy (non-hydrogen) atoms. The van der Waals surface area contributed by atoms with E-state index >= 15 is 0 Å². The Morgan fingerprint density at radius 1 is 1.44 bits per heavy atom. The number of hydrogen-bond acceptors (Lipinski definition) is 2. The Kier molecular flexibility index (Phi) is 3.57. The van der Waals surface area contributed by atoms with Crippen molar-refractivity contribution in [1.82, 2.24) is 4.90 Å². The summed E-state index contributed by atoms with van der Waals surface area (Å²) in [6, 6.07) is 9.60. The van der Waals surface area contributed by atoms with Crippen molar-refractivity contribution >= 4 is 6.09 Å². The maximum absolute atomic E-state index is 11.5. The van der Waals surface area contributed by atoms with E-state index in [0.717, 1.165) is 24.8 Å². The highest BCUT2D eigenvalue weighted by atomic mass is 16.4. The van der Waals surface area contributed by atoms with Crippen LogP contribution in [-0.2, 0) is 6.54 Å². The lowest BCUT2D eigenvalue weighted by atomic mass is 10.0. The number of carbonyl (C=O) groups is 1. The molecule has 1 fully saturated rings. The van der Waals surface area contributed by atoms with Crippen LogP contribution in [0.1, 0.15) is 31.7 Å². The zero-order valence-electron chi connectivity index (χ0n) is 10.7. The van der Waals surface area contributed by atoms with Crippen LogP contribution in [0.25, 0.3) is 0 Å². The van der Waals surface area contributed by atoms with Crippen LogP contribution in [0.2, 0.25) is 0 Å². The highest BCUT2D eigenvalue weighted by Gasteiger charge is 2.53. The lowest BCUT2D eigenvalue weighted by Gasteiger charge is -2.33. The van der Waals surface area contributed by atoms with Crippen molar-refractivity contribution in [1.29, 1.82) is 0 Å². The number of nitrogens with two attached hydrogens (primary N) is 1. The van der Waals surface area contributed by atoms with E-state index in [1.165, 1.54) is 4.90 Å². The van der Waals surface area contributed by atoms with Gasteiger partial charge in [0.25, 0.3) is 0 Å². The summed E-state index contributed by atoms with van der Waals surface area (Å²) in [7, 11) is 0. The predicted octanol–water partition coefficient (Wildman–Crippen LogP) is 2.44. The van der Waals surface area contributed by atoms with E-state index in [4.69, 9.17) is 5.73 Å². The summed E-state index contributed by atoms with van der Waals surface area (Å²) in [6.45, 7) is 2.43. The molecule has 3 N–H and O–H groups in total. The molecule has 1 aliphatic carbocycles. The smallest absolute Gasteiger partial charge is 0.408 e. The van der Waals surface area contributed by atoms with Crippen molar-refractivity contribution in [2.45, 2.75) is 44.3 Å². The zero-order valence-corrected chi connectivity index (χ0v) is 10.7. The van der Waals surface area contributed by atoms with Crippen LogP contribution in [0.5, 0.6) is 0 Å². The fraction of sp³-hybridized carbons (Fsp3) is 0.500. The molecular weight excluding hydrogens is 228 g/mol. The minimum absolute atomic E-state index is 0.0719. The van der Waals surface area contributed by atoms with Crippen molar-refractivity contribution in [2.75, 3.05) is 0 Å². The SMILES string of the molecule is CC[C@H](N)C1(N(Cc2ccccc2)C(=O)O)CC1. The van der Waals surface area contributed by atoms with Gasteiger partial charge in [0.05, 0.1) is 5.54 Å². The van der Waals surface area contributed by atoms with Crippen molar-refractivity contribution in [3.05, 3.63) is 35.9 Å². The van der Waals surface area contributed by atoms with Crippen LogP contribution in [-0.4, -0.2) is 27.7 Å². The molecule has 0 bridgehead atoms. The average molecular weight is 248 g/mol. The number of amides is 1. The van der Waals surface area contributed by atoms with Gasteiger partial charge in [-0.15, -0.1) is 0 Å². The normalized spacial score (nSPS) is 18.1. The van der Waals surface area contributed by atoms with Gasteiger partial charge in [0.1, 0.15) is 0 Å². The Labute approximate surface area is 107 Å². The lowest BCUT2D eigenvalue weighted by molar-refractivity contribution is 0.102. The van der Waals surface area contributed by atoms with Crippen molar-refractivity contribution < 1.29 is 9.90 Å². The van der Waals surface area contributed by atoms with E-state index < -0.39 is 6.09 Å². The second-order valence-corrected chi connectivity index (χ2v) is 4.97. The fourth-order valence-corrected chi connectivity index (χ4v) is 2.53. The number of nitrogens with zero attached hydrogens (tertiary/aromatic N) is 1. The van der Waals surface area contributed by atoms with Crippen LogP contribution < -0.4 is 5.73 Å². The number of carboxylic acid groups (broad SMARTS) is 1. The second-order valence-electron chi connectivity index (χ2n) is 4.97. The number of benzene rings is 1. The highest BCUT2D eigenvalue weighted by Crippen LogP contribution is 2.45. The molecule has 1 aliphatic rings. The van der Waals surface area contributed by atoms with Crippen LogP contribution in [0, 0.1) is 0 Å². The van der Waals surface area contributed by atoms with E-state index in [1.807, 2.05) is 37.3 Å². The highest BCUT2D eigenvalue weighted by molar-refractivity contribution is 5.67. The molecule has 0 unspecified atom stereocenters. The lowest BCUT2D eigenvalue weighted by Crippen LogP contribution is -2.51. The number of hydrogen-bond donors (Lipinski definition) is 2. The van der Waals surface area contributed by atoms with E-state index in [0.29, 0.717) is 6.54 Å². The van der Waals surface area contributed by atoms with Crippen molar-refractivity contribution in [3.63, 3.8) is 0 Å². The third-order valence-corrected chi connectivity index (χ3v) is 3.84. The van der Waals surface area contributed by atoms with E-state index in [-0.39, 0.29) is 11.6 Å². The molecule has 0 saturated heterocycles. The summed E-state index contributed by atoms with van der Waals surface area (Å²) in [6.07, 6.45) is 1.68. The van der Waals surface area contributed by atoms with Gasteiger partial charge < -0.3 is 10.8 Å². The van der Waals surface area contributed by atoms with Gasteiger partial charge in [0.15, 0.2) is 0 Å². The number of rotatable bonds is 5. The van der Waals surface area contributed by atoms with Gasteiger partial charge in [0, 0.05) is 12.6 Å². The van der Waals surface area contributed by atoms with Crippen molar-refractivity contribution in [3.8, 4) is 0 Å². The second kappa shape index (κ2) is 4.98. The molecule has 2 rings (SSSR count). The fourth-order valence-electron chi connectivity index (χ4n) is 2.53. The molecule has 1 saturated carbocycles. The van der Waals surface area contributed by atoms with E-state index in [9.17, 15) is 9.90 Å². The quantitative estimate of drug-likeness (QED) is 0.841. The van der Waals surface area contributed by atoms with Crippen LogP contribution in [0.3, 0.4) is 0 Å². The van der Waals surface area contributed by atoms with E-state index in [2.05, 4.69) is 0 Å². The maximum atomic E-state index is 11.5. The Morgan fingerprint density at radius 2 is 2.06 bits per heavy atom. The maximum Gasteiger partial charge on any atom is 0.408 e. The molecule has 0 heterocycles. The molecule has 1 aromatic rings. The first kappa shape index (κ1) is 12.9. The molecule has 98 valence electrons. The predicted molar refractivity (Wildman–Crippen MR) is 70.2 cm³/mol. The topological polar surface area (TPSA) is 66.6 Å². The molecule has 4 heteroatoms. The first-order valence-electron chi connectivity index (χ1n) is 6.40. The summed E-state index contributed by atoms with van der Waals surface area (Å²) in [4.78, 5) is 13.0. The minimum atomic E-state index is -0.875. The molecule has 0 radical (unpaired) electrons. The van der Waals surface area contributed by atoms with Crippen LogP contribution in [0.4, 0.5) is 4.79 Å². The zero-order chi connectivity index (χ0) is 13.2. The molecule has 1 amide bonds. The molecule has 4 nitrogen and oxygen atoms in total. The molecule has 0 aromatic heterocycles.